The third kappa shape index (κ3) is 4.85. The molecule has 0 aliphatic carbocycles. The van der Waals surface area contributed by atoms with Gasteiger partial charge in [0, 0.05) is 35.4 Å². The molecule has 0 aliphatic heterocycles. The third-order valence-corrected chi connectivity index (χ3v) is 3.98. The highest BCUT2D eigenvalue weighted by Crippen LogP contribution is 2.23. The van der Waals surface area contributed by atoms with Crippen molar-refractivity contribution in [1.82, 2.24) is 0 Å². The van der Waals surface area contributed by atoms with Crippen LogP contribution in [0.25, 0.3) is 0 Å². The number of aliphatic hydroxyl groups excluding tert-OH is 1. The SMILES string of the molecule is O=C(c1ccc([N+](=O)[O-])cc1)C(O)(COCCO)C(=O)c1ccc([N+](=O)[O-])cc1. The van der Waals surface area contributed by atoms with Crippen molar-refractivity contribution >= 4 is 22.9 Å². The minimum Gasteiger partial charge on any atom is -0.394 e. The fourth-order valence-corrected chi connectivity index (χ4v) is 2.47. The van der Waals surface area contributed by atoms with Crippen molar-refractivity contribution < 1.29 is 34.4 Å². The summed E-state index contributed by atoms with van der Waals surface area (Å²) in [6.45, 7) is -1.48. The first-order chi connectivity index (χ1) is 13.7. The molecule has 2 aromatic carbocycles. The van der Waals surface area contributed by atoms with Crippen LogP contribution in [0.15, 0.2) is 48.5 Å². The summed E-state index contributed by atoms with van der Waals surface area (Å²) in [7, 11) is 0. The summed E-state index contributed by atoms with van der Waals surface area (Å²) < 4.78 is 5.00. The van der Waals surface area contributed by atoms with Crippen LogP contribution in [0.1, 0.15) is 20.7 Å². The van der Waals surface area contributed by atoms with Crippen molar-refractivity contribution in [3.05, 3.63) is 79.9 Å². The van der Waals surface area contributed by atoms with Crippen molar-refractivity contribution in [2.45, 2.75) is 5.60 Å². The van der Waals surface area contributed by atoms with E-state index in [4.69, 9.17) is 9.84 Å². The van der Waals surface area contributed by atoms with Crippen LogP contribution in [0.5, 0.6) is 0 Å². The molecule has 11 heteroatoms. The standard InChI is InChI=1S/C18H16N2O9/c21-9-10-29-11-18(24,16(22)12-1-5-14(6-2-12)19(25)26)17(23)13-3-7-15(8-4-13)20(27)28/h1-8,21,24H,9-11H2. The van der Waals surface area contributed by atoms with Gasteiger partial charge in [0.25, 0.3) is 11.4 Å². The number of aliphatic hydroxyl groups is 2. The van der Waals surface area contributed by atoms with E-state index in [0.717, 1.165) is 48.5 Å². The van der Waals surface area contributed by atoms with E-state index in [9.17, 15) is 34.9 Å². The lowest BCUT2D eigenvalue weighted by Gasteiger charge is -2.25. The first-order valence-electron chi connectivity index (χ1n) is 8.20. The zero-order valence-corrected chi connectivity index (χ0v) is 14.9. The van der Waals surface area contributed by atoms with E-state index < -0.39 is 40.2 Å². The average molecular weight is 404 g/mol. The zero-order chi connectivity index (χ0) is 21.6. The normalized spacial score (nSPS) is 11.1. The summed E-state index contributed by atoms with van der Waals surface area (Å²) in [5.41, 5.74) is -3.64. The third-order valence-electron chi connectivity index (χ3n) is 3.98. The second kappa shape index (κ2) is 9.10. The molecule has 0 aliphatic rings. The van der Waals surface area contributed by atoms with Crippen LogP contribution in [-0.2, 0) is 4.74 Å². The first-order valence-corrected chi connectivity index (χ1v) is 8.20. The number of ether oxygens (including phenoxy) is 1. The Morgan fingerprint density at radius 2 is 1.24 bits per heavy atom. The van der Waals surface area contributed by atoms with Gasteiger partial charge in [0.2, 0.25) is 17.2 Å². The van der Waals surface area contributed by atoms with E-state index in [2.05, 4.69) is 0 Å². The second-order valence-electron chi connectivity index (χ2n) is 5.90. The summed E-state index contributed by atoms with van der Waals surface area (Å²) in [6, 6.07) is 8.50. The highest BCUT2D eigenvalue weighted by molar-refractivity contribution is 6.22. The monoisotopic (exact) mass is 404 g/mol. The molecule has 11 nitrogen and oxygen atoms in total. The number of nitro benzene ring substituents is 2. The van der Waals surface area contributed by atoms with E-state index in [1.807, 2.05) is 0 Å². The molecule has 0 spiro atoms. The zero-order valence-electron chi connectivity index (χ0n) is 14.9. The van der Waals surface area contributed by atoms with E-state index in [1.165, 1.54) is 0 Å². The summed E-state index contributed by atoms with van der Waals surface area (Å²) in [5.74, 6) is -2.15. The van der Waals surface area contributed by atoms with Gasteiger partial charge in [-0.05, 0) is 24.3 Å². The predicted octanol–water partition coefficient (Wildman–Crippen LogP) is 1.31. The summed E-state index contributed by atoms with van der Waals surface area (Å²) in [6.07, 6.45) is 0. The molecular weight excluding hydrogens is 388 g/mol. The van der Waals surface area contributed by atoms with Crippen LogP contribution in [-0.4, -0.2) is 57.0 Å². The number of rotatable bonds is 10. The summed E-state index contributed by atoms with van der Waals surface area (Å²) in [5, 5.41) is 41.2. The number of nitrogens with zero attached hydrogens (tertiary/aromatic N) is 2. The smallest absolute Gasteiger partial charge is 0.269 e. The van der Waals surface area contributed by atoms with Crippen LogP contribution in [0.3, 0.4) is 0 Å². The Balaban J connectivity index is 2.39. The maximum Gasteiger partial charge on any atom is 0.269 e. The van der Waals surface area contributed by atoms with Gasteiger partial charge >= 0.3 is 0 Å². The van der Waals surface area contributed by atoms with Crippen LogP contribution < -0.4 is 0 Å². The van der Waals surface area contributed by atoms with Gasteiger partial charge in [-0.2, -0.15) is 0 Å². The van der Waals surface area contributed by atoms with E-state index in [1.54, 1.807) is 0 Å². The lowest BCUT2D eigenvalue weighted by atomic mass is 9.86. The number of non-ortho nitro benzene ring substituents is 2. The van der Waals surface area contributed by atoms with Gasteiger partial charge in [0.15, 0.2) is 0 Å². The maximum atomic E-state index is 12.8. The minimum atomic E-state index is -2.71. The molecule has 29 heavy (non-hydrogen) atoms. The molecule has 0 heterocycles. The molecule has 0 aromatic heterocycles. The Morgan fingerprint density at radius 3 is 1.55 bits per heavy atom. The Kier molecular flexibility index (Phi) is 6.83. The Morgan fingerprint density at radius 1 is 0.862 bits per heavy atom. The number of carbonyl (C=O) groups excluding carboxylic acids is 2. The fourth-order valence-electron chi connectivity index (χ4n) is 2.47. The van der Waals surface area contributed by atoms with Gasteiger partial charge in [-0.3, -0.25) is 29.8 Å². The van der Waals surface area contributed by atoms with Crippen molar-refractivity contribution in [2.75, 3.05) is 19.8 Å². The van der Waals surface area contributed by atoms with E-state index in [0.29, 0.717) is 0 Å². The molecule has 0 saturated heterocycles. The molecule has 0 radical (unpaired) electrons. The van der Waals surface area contributed by atoms with Crippen molar-refractivity contribution in [2.24, 2.45) is 0 Å². The molecule has 0 fully saturated rings. The molecule has 2 N–H and O–H groups in total. The highest BCUT2D eigenvalue weighted by Gasteiger charge is 2.45. The van der Waals surface area contributed by atoms with Crippen LogP contribution in [0, 0.1) is 20.2 Å². The van der Waals surface area contributed by atoms with Crippen molar-refractivity contribution in [3.8, 4) is 0 Å². The van der Waals surface area contributed by atoms with E-state index >= 15 is 0 Å². The van der Waals surface area contributed by atoms with Gasteiger partial charge in [-0.1, -0.05) is 0 Å². The molecule has 2 rings (SSSR count). The number of carbonyl (C=O) groups is 2. The number of benzene rings is 2. The van der Waals surface area contributed by atoms with Gasteiger partial charge in [-0.15, -0.1) is 0 Å². The average Bonchev–Trinajstić information content (AvgIpc) is 2.72. The molecule has 0 bridgehead atoms. The maximum absolute atomic E-state index is 12.8. The number of Topliss-reactive ketones (excluding diaryl/α,β-unsaturated/α-hetero) is 2. The fraction of sp³-hybridized carbons (Fsp3) is 0.222. The Labute approximate surface area is 163 Å². The Hall–Kier alpha value is -3.54. The minimum absolute atomic E-state index is 0.180. The first kappa shape index (κ1) is 21.8. The molecule has 152 valence electrons. The van der Waals surface area contributed by atoms with Crippen molar-refractivity contribution in [3.63, 3.8) is 0 Å². The number of hydrogen-bond acceptors (Lipinski definition) is 9. The molecule has 0 unspecified atom stereocenters. The largest absolute Gasteiger partial charge is 0.394 e. The molecule has 2 aromatic rings. The van der Waals surface area contributed by atoms with Gasteiger partial charge in [0.05, 0.1) is 29.7 Å². The number of hydrogen-bond donors (Lipinski definition) is 2. The lowest BCUT2D eigenvalue weighted by Crippen LogP contribution is -2.51. The van der Waals surface area contributed by atoms with Crippen LogP contribution in [0.4, 0.5) is 11.4 Å². The van der Waals surface area contributed by atoms with Crippen LogP contribution in [0.2, 0.25) is 0 Å². The molecule has 0 atom stereocenters. The van der Waals surface area contributed by atoms with Gasteiger partial charge in [-0.25, -0.2) is 0 Å². The summed E-state index contributed by atoms with van der Waals surface area (Å²) in [4.78, 5) is 45.8. The topological polar surface area (TPSA) is 170 Å². The summed E-state index contributed by atoms with van der Waals surface area (Å²) >= 11 is 0. The van der Waals surface area contributed by atoms with Gasteiger partial charge < -0.3 is 14.9 Å². The second-order valence-corrected chi connectivity index (χ2v) is 5.90. The molecule has 0 saturated carbocycles. The quantitative estimate of drug-likeness (QED) is 0.195. The number of ketones is 2. The predicted molar refractivity (Wildman–Crippen MR) is 97.7 cm³/mol. The Bertz CT molecular complexity index is 854. The highest BCUT2D eigenvalue weighted by atomic mass is 16.6. The molecular formula is C18H16N2O9. The van der Waals surface area contributed by atoms with Crippen LogP contribution >= 0.6 is 0 Å². The van der Waals surface area contributed by atoms with Gasteiger partial charge in [0.1, 0.15) is 0 Å². The molecule has 0 amide bonds. The van der Waals surface area contributed by atoms with Crippen molar-refractivity contribution in [1.29, 1.82) is 0 Å². The lowest BCUT2D eigenvalue weighted by molar-refractivity contribution is -0.385. The number of nitro groups is 2. The van der Waals surface area contributed by atoms with E-state index in [-0.39, 0.29) is 29.1 Å².